The SMILES string of the molecule is [Ti]=[CH]c1ccccn1. The zero-order chi connectivity index (χ0) is 5.82. The van der Waals surface area contributed by atoms with Crippen molar-refractivity contribution in [2.75, 3.05) is 0 Å². The zero-order valence-electron chi connectivity index (χ0n) is 4.33. The fourth-order valence-electron chi connectivity index (χ4n) is 0.461. The topological polar surface area (TPSA) is 12.9 Å². The predicted molar refractivity (Wildman–Crippen MR) is 29.4 cm³/mol. The molecule has 0 bridgehead atoms. The van der Waals surface area contributed by atoms with Gasteiger partial charge in [0.15, 0.2) is 0 Å². The van der Waals surface area contributed by atoms with Crippen LogP contribution in [0.25, 0.3) is 0 Å². The van der Waals surface area contributed by atoms with Crippen molar-refractivity contribution >= 4 is 4.31 Å². The van der Waals surface area contributed by atoms with Crippen LogP contribution < -0.4 is 0 Å². The average molecular weight is 139 g/mol. The monoisotopic (exact) mass is 139 g/mol. The zero-order valence-corrected chi connectivity index (χ0v) is 5.90. The van der Waals surface area contributed by atoms with Crippen LogP contribution in [0.15, 0.2) is 24.4 Å². The van der Waals surface area contributed by atoms with Crippen LogP contribution in [-0.2, 0) is 20.0 Å². The van der Waals surface area contributed by atoms with Gasteiger partial charge < -0.3 is 0 Å². The Morgan fingerprint density at radius 3 is 2.75 bits per heavy atom. The van der Waals surface area contributed by atoms with Gasteiger partial charge >= 0.3 is 59.4 Å². The van der Waals surface area contributed by atoms with Gasteiger partial charge in [-0.2, -0.15) is 0 Å². The third-order valence-electron chi connectivity index (χ3n) is 0.836. The molecule has 0 saturated carbocycles. The van der Waals surface area contributed by atoms with Crippen molar-refractivity contribution in [3.05, 3.63) is 30.1 Å². The van der Waals surface area contributed by atoms with E-state index < -0.39 is 0 Å². The molecule has 0 amide bonds. The molecular formula is C6H5NTi. The Kier molecular flexibility index (Phi) is 2.13. The van der Waals surface area contributed by atoms with Crippen LogP contribution in [0, 0.1) is 0 Å². The average Bonchev–Trinajstić information content (AvgIpc) is 1.90. The molecule has 2 heteroatoms. The van der Waals surface area contributed by atoms with Crippen LogP contribution in [0.1, 0.15) is 5.69 Å². The van der Waals surface area contributed by atoms with Crippen LogP contribution in [0.5, 0.6) is 0 Å². The van der Waals surface area contributed by atoms with E-state index in [-0.39, 0.29) is 0 Å². The summed E-state index contributed by atoms with van der Waals surface area (Å²) in [4.78, 5) is 4.04. The minimum atomic E-state index is 1.03. The summed E-state index contributed by atoms with van der Waals surface area (Å²) >= 11 is 1.97. The Morgan fingerprint density at radius 1 is 1.50 bits per heavy atom. The fraction of sp³-hybridized carbons (Fsp3) is 0. The molecule has 0 N–H and O–H groups in total. The molecule has 0 saturated heterocycles. The number of hydrogen-bond acceptors (Lipinski definition) is 1. The summed E-state index contributed by atoms with van der Waals surface area (Å²) in [5.74, 6) is 0. The Hall–Kier alpha value is -0.266. The summed E-state index contributed by atoms with van der Waals surface area (Å²) in [5.41, 5.74) is 1.03. The number of nitrogens with zero attached hydrogens (tertiary/aromatic N) is 1. The molecule has 1 aromatic rings. The van der Waals surface area contributed by atoms with E-state index in [4.69, 9.17) is 0 Å². The summed E-state index contributed by atoms with van der Waals surface area (Å²) in [6, 6.07) is 5.86. The second-order valence-electron chi connectivity index (χ2n) is 1.40. The summed E-state index contributed by atoms with van der Waals surface area (Å²) in [6.45, 7) is 0. The van der Waals surface area contributed by atoms with E-state index in [1.165, 1.54) is 0 Å². The molecule has 0 aliphatic carbocycles. The molecule has 1 rings (SSSR count). The van der Waals surface area contributed by atoms with Gasteiger partial charge in [0.05, 0.1) is 0 Å². The van der Waals surface area contributed by atoms with Gasteiger partial charge in [-0.3, -0.25) is 0 Å². The van der Waals surface area contributed by atoms with Crippen LogP contribution in [0.2, 0.25) is 0 Å². The Bertz CT molecular complexity index is 171. The van der Waals surface area contributed by atoms with Crippen molar-refractivity contribution < 1.29 is 20.0 Å². The number of hydrogen-bond donors (Lipinski definition) is 0. The Labute approximate surface area is 59.7 Å². The predicted octanol–water partition coefficient (Wildman–Crippen LogP) is 0.779. The van der Waals surface area contributed by atoms with Crippen LogP contribution >= 0.6 is 0 Å². The van der Waals surface area contributed by atoms with Crippen molar-refractivity contribution in [2.24, 2.45) is 0 Å². The van der Waals surface area contributed by atoms with E-state index in [0.717, 1.165) is 5.69 Å². The number of pyridine rings is 1. The summed E-state index contributed by atoms with van der Waals surface area (Å²) < 4.78 is 1.97. The quantitative estimate of drug-likeness (QED) is 0.524. The molecule has 0 unspecified atom stereocenters. The van der Waals surface area contributed by atoms with Crippen molar-refractivity contribution in [3.8, 4) is 0 Å². The third kappa shape index (κ3) is 1.36. The van der Waals surface area contributed by atoms with Gasteiger partial charge in [0.25, 0.3) is 0 Å². The van der Waals surface area contributed by atoms with Crippen molar-refractivity contribution in [1.82, 2.24) is 4.98 Å². The van der Waals surface area contributed by atoms with Gasteiger partial charge in [-0.25, -0.2) is 0 Å². The standard InChI is InChI=1S/C6H5N.Ti/c1-6-4-2-3-5-7-6;/h1-5H;. The first-order valence-corrected chi connectivity index (χ1v) is 3.25. The molecule has 0 aliphatic heterocycles. The molecule has 0 aromatic carbocycles. The maximum atomic E-state index is 4.04. The van der Waals surface area contributed by atoms with E-state index in [9.17, 15) is 0 Å². The van der Waals surface area contributed by atoms with Gasteiger partial charge in [-0.05, 0) is 0 Å². The maximum absolute atomic E-state index is 4.04. The number of rotatable bonds is 1. The molecule has 1 aromatic heterocycles. The van der Waals surface area contributed by atoms with Gasteiger partial charge in [-0.15, -0.1) is 0 Å². The first-order chi connectivity index (χ1) is 3.93. The molecular weight excluding hydrogens is 134 g/mol. The van der Waals surface area contributed by atoms with Crippen molar-refractivity contribution in [3.63, 3.8) is 0 Å². The van der Waals surface area contributed by atoms with Gasteiger partial charge in [0, 0.05) is 0 Å². The minimum absolute atomic E-state index is 1.03. The molecule has 1 heterocycles. The Balaban J connectivity index is 2.99. The van der Waals surface area contributed by atoms with Crippen LogP contribution in [-0.4, -0.2) is 9.30 Å². The molecule has 0 fully saturated rings. The van der Waals surface area contributed by atoms with E-state index >= 15 is 0 Å². The Morgan fingerprint density at radius 2 is 2.38 bits per heavy atom. The van der Waals surface area contributed by atoms with Gasteiger partial charge in [-0.1, -0.05) is 0 Å². The van der Waals surface area contributed by atoms with Crippen LogP contribution in [0.4, 0.5) is 0 Å². The van der Waals surface area contributed by atoms with Crippen LogP contribution in [0.3, 0.4) is 0 Å². The van der Waals surface area contributed by atoms with E-state index in [0.29, 0.717) is 0 Å². The molecule has 0 aliphatic rings. The molecule has 0 spiro atoms. The van der Waals surface area contributed by atoms with E-state index in [2.05, 4.69) is 4.98 Å². The second kappa shape index (κ2) is 2.90. The first-order valence-electron chi connectivity index (χ1n) is 2.35. The van der Waals surface area contributed by atoms with E-state index in [1.54, 1.807) is 6.20 Å². The molecule has 38 valence electrons. The van der Waals surface area contributed by atoms with E-state index in [1.807, 2.05) is 42.5 Å². The van der Waals surface area contributed by atoms with Gasteiger partial charge in [0.1, 0.15) is 0 Å². The molecule has 0 radical (unpaired) electrons. The summed E-state index contributed by atoms with van der Waals surface area (Å²) in [5, 5.41) is 0. The summed E-state index contributed by atoms with van der Waals surface area (Å²) in [7, 11) is 0. The first kappa shape index (κ1) is 5.86. The molecule has 8 heavy (non-hydrogen) atoms. The fourth-order valence-corrected chi connectivity index (χ4v) is 0.728. The summed E-state index contributed by atoms with van der Waals surface area (Å²) in [6.07, 6.45) is 1.79. The second-order valence-corrected chi connectivity index (χ2v) is 1.85. The van der Waals surface area contributed by atoms with Crippen molar-refractivity contribution in [1.29, 1.82) is 0 Å². The molecule has 0 atom stereocenters. The third-order valence-corrected chi connectivity index (χ3v) is 1.30. The van der Waals surface area contributed by atoms with Gasteiger partial charge in [0.2, 0.25) is 0 Å². The normalized spacial score (nSPS) is 8.38. The number of aromatic nitrogens is 1. The van der Waals surface area contributed by atoms with Crippen molar-refractivity contribution in [2.45, 2.75) is 0 Å². The molecule has 1 nitrogen and oxygen atoms in total.